The Morgan fingerprint density at radius 1 is 1.12 bits per heavy atom. The molecule has 1 aliphatic heterocycles. The fraction of sp³-hybridized carbons (Fsp3) is 1.00. The largest absolute Gasteiger partial charge is 0.313 e. The van der Waals surface area contributed by atoms with Crippen molar-refractivity contribution < 1.29 is 0 Å². The molecule has 0 amide bonds. The van der Waals surface area contributed by atoms with Crippen LogP contribution in [0.3, 0.4) is 0 Å². The van der Waals surface area contributed by atoms with Crippen LogP contribution in [-0.2, 0) is 0 Å². The Balaban J connectivity index is 1.82. The summed E-state index contributed by atoms with van der Waals surface area (Å²) in [6.07, 6.45) is 10.1. The molecule has 2 aliphatic rings. The van der Waals surface area contributed by atoms with Crippen molar-refractivity contribution >= 4 is 0 Å². The first-order valence-electron chi connectivity index (χ1n) is 7.78. The lowest BCUT2D eigenvalue weighted by atomic mass is 9.83. The van der Waals surface area contributed by atoms with Gasteiger partial charge in [0.1, 0.15) is 0 Å². The van der Waals surface area contributed by atoms with E-state index in [0.29, 0.717) is 0 Å². The molecule has 0 radical (unpaired) electrons. The number of rotatable bonds is 4. The zero-order chi connectivity index (χ0) is 12.1. The molecule has 1 saturated carbocycles. The Morgan fingerprint density at radius 2 is 1.88 bits per heavy atom. The van der Waals surface area contributed by atoms with Gasteiger partial charge in [-0.1, -0.05) is 26.2 Å². The monoisotopic (exact) mass is 238 g/mol. The zero-order valence-corrected chi connectivity index (χ0v) is 11.8. The van der Waals surface area contributed by atoms with E-state index in [1.54, 1.807) is 0 Å². The van der Waals surface area contributed by atoms with E-state index in [2.05, 4.69) is 24.1 Å². The third-order valence-corrected chi connectivity index (χ3v) is 4.85. The lowest BCUT2D eigenvalue weighted by Gasteiger charge is -2.41. The summed E-state index contributed by atoms with van der Waals surface area (Å²) in [7, 11) is 0. The number of nitrogens with one attached hydrogen (secondary N) is 1. The van der Waals surface area contributed by atoms with Gasteiger partial charge in [0, 0.05) is 18.6 Å². The van der Waals surface area contributed by atoms with Crippen LogP contribution in [0.25, 0.3) is 0 Å². The zero-order valence-electron chi connectivity index (χ0n) is 11.8. The third kappa shape index (κ3) is 3.69. The smallest absolute Gasteiger partial charge is 0.0195 e. The molecule has 100 valence electrons. The summed E-state index contributed by atoms with van der Waals surface area (Å²) in [6.45, 7) is 8.44. The number of hydrogen-bond acceptors (Lipinski definition) is 2. The van der Waals surface area contributed by atoms with Gasteiger partial charge < -0.3 is 5.32 Å². The van der Waals surface area contributed by atoms with Crippen molar-refractivity contribution in [3.8, 4) is 0 Å². The Labute approximate surface area is 107 Å². The average Bonchev–Trinajstić information content (AvgIpc) is 2.40. The van der Waals surface area contributed by atoms with E-state index in [1.807, 2.05) is 0 Å². The Bertz CT molecular complexity index is 209. The van der Waals surface area contributed by atoms with Crippen molar-refractivity contribution in [2.75, 3.05) is 19.6 Å². The van der Waals surface area contributed by atoms with Crippen LogP contribution in [0.1, 0.15) is 58.8 Å². The fourth-order valence-corrected chi connectivity index (χ4v) is 3.75. The van der Waals surface area contributed by atoms with Gasteiger partial charge in [-0.05, 0) is 51.6 Å². The summed E-state index contributed by atoms with van der Waals surface area (Å²) in [5.41, 5.74) is 0. The molecule has 2 nitrogen and oxygen atoms in total. The Kier molecular flexibility index (Phi) is 5.30. The topological polar surface area (TPSA) is 15.3 Å². The summed E-state index contributed by atoms with van der Waals surface area (Å²) in [6, 6.07) is 1.57. The molecule has 0 aromatic heterocycles. The molecule has 0 spiro atoms. The highest BCUT2D eigenvalue weighted by Gasteiger charge is 2.28. The van der Waals surface area contributed by atoms with Crippen LogP contribution in [0.5, 0.6) is 0 Å². The standard InChI is InChI=1S/C15H30N2/c1-3-16-15-10-7-11-17(12-15)13(2)14-8-5-4-6-9-14/h13-16H,3-12H2,1-2H3. The molecule has 1 N–H and O–H groups in total. The minimum absolute atomic E-state index is 0.750. The molecule has 0 aromatic carbocycles. The Morgan fingerprint density at radius 3 is 2.59 bits per heavy atom. The molecule has 2 atom stereocenters. The maximum atomic E-state index is 3.63. The second kappa shape index (κ2) is 6.75. The number of nitrogens with zero attached hydrogens (tertiary/aromatic N) is 1. The molecule has 17 heavy (non-hydrogen) atoms. The highest BCUT2D eigenvalue weighted by atomic mass is 15.2. The predicted molar refractivity (Wildman–Crippen MR) is 74.3 cm³/mol. The lowest BCUT2D eigenvalue weighted by molar-refractivity contribution is 0.0927. The van der Waals surface area contributed by atoms with Crippen molar-refractivity contribution in [2.24, 2.45) is 5.92 Å². The Hall–Kier alpha value is -0.0800. The summed E-state index contributed by atoms with van der Waals surface area (Å²) in [5.74, 6) is 0.976. The normalized spacial score (nSPS) is 30.4. The summed E-state index contributed by atoms with van der Waals surface area (Å²) in [4.78, 5) is 2.76. The first-order chi connectivity index (χ1) is 8.31. The van der Waals surface area contributed by atoms with Crippen molar-refractivity contribution in [2.45, 2.75) is 70.9 Å². The fourth-order valence-electron chi connectivity index (χ4n) is 3.75. The molecule has 1 aliphatic carbocycles. The quantitative estimate of drug-likeness (QED) is 0.810. The molecule has 2 fully saturated rings. The van der Waals surface area contributed by atoms with Gasteiger partial charge in [-0.2, -0.15) is 0 Å². The van der Waals surface area contributed by atoms with Crippen LogP contribution >= 0.6 is 0 Å². The number of piperidine rings is 1. The second-order valence-electron chi connectivity index (χ2n) is 6.03. The van der Waals surface area contributed by atoms with Gasteiger partial charge in [0.2, 0.25) is 0 Å². The van der Waals surface area contributed by atoms with E-state index < -0.39 is 0 Å². The number of hydrogen-bond donors (Lipinski definition) is 1. The van der Waals surface area contributed by atoms with Crippen LogP contribution in [0.2, 0.25) is 0 Å². The molecule has 2 heteroatoms. The van der Waals surface area contributed by atoms with Crippen molar-refractivity contribution in [3.05, 3.63) is 0 Å². The molecule has 2 unspecified atom stereocenters. The van der Waals surface area contributed by atoms with Gasteiger partial charge >= 0.3 is 0 Å². The second-order valence-corrected chi connectivity index (χ2v) is 6.03. The van der Waals surface area contributed by atoms with Crippen LogP contribution in [0, 0.1) is 5.92 Å². The van der Waals surface area contributed by atoms with Gasteiger partial charge in [-0.15, -0.1) is 0 Å². The highest BCUT2D eigenvalue weighted by molar-refractivity contribution is 4.85. The number of likely N-dealkylation sites (N-methyl/N-ethyl adjacent to an activating group) is 1. The van der Waals surface area contributed by atoms with Gasteiger partial charge in [0.05, 0.1) is 0 Å². The van der Waals surface area contributed by atoms with Crippen LogP contribution in [-0.4, -0.2) is 36.6 Å². The minimum Gasteiger partial charge on any atom is -0.313 e. The minimum atomic E-state index is 0.750. The maximum absolute atomic E-state index is 3.63. The van der Waals surface area contributed by atoms with Gasteiger partial charge in [-0.3, -0.25) is 4.90 Å². The van der Waals surface area contributed by atoms with Crippen LogP contribution < -0.4 is 5.32 Å². The maximum Gasteiger partial charge on any atom is 0.0195 e. The number of likely N-dealkylation sites (tertiary alicyclic amines) is 1. The SMILES string of the molecule is CCNC1CCCN(C(C)C2CCCCC2)C1. The third-order valence-electron chi connectivity index (χ3n) is 4.85. The molecular weight excluding hydrogens is 208 g/mol. The molecule has 0 aromatic rings. The average molecular weight is 238 g/mol. The lowest BCUT2D eigenvalue weighted by Crippen LogP contribution is -2.50. The summed E-state index contributed by atoms with van der Waals surface area (Å²) < 4.78 is 0. The molecule has 2 rings (SSSR count). The van der Waals surface area contributed by atoms with Gasteiger partial charge in [0.25, 0.3) is 0 Å². The van der Waals surface area contributed by atoms with Crippen molar-refractivity contribution in [1.29, 1.82) is 0 Å². The van der Waals surface area contributed by atoms with E-state index in [-0.39, 0.29) is 0 Å². The van der Waals surface area contributed by atoms with Gasteiger partial charge in [0.15, 0.2) is 0 Å². The molecule has 1 heterocycles. The van der Waals surface area contributed by atoms with E-state index >= 15 is 0 Å². The summed E-state index contributed by atoms with van der Waals surface area (Å²) >= 11 is 0. The first kappa shape index (κ1) is 13.4. The first-order valence-corrected chi connectivity index (χ1v) is 7.78. The predicted octanol–water partition coefficient (Wildman–Crippen LogP) is 3.03. The van der Waals surface area contributed by atoms with Gasteiger partial charge in [-0.25, -0.2) is 0 Å². The molecule has 0 bridgehead atoms. The summed E-state index contributed by atoms with van der Waals surface area (Å²) in [5, 5.41) is 3.63. The molecular formula is C15H30N2. The van der Waals surface area contributed by atoms with E-state index in [4.69, 9.17) is 0 Å². The van der Waals surface area contributed by atoms with Crippen molar-refractivity contribution in [3.63, 3.8) is 0 Å². The van der Waals surface area contributed by atoms with Crippen LogP contribution in [0.15, 0.2) is 0 Å². The van der Waals surface area contributed by atoms with E-state index in [9.17, 15) is 0 Å². The highest BCUT2D eigenvalue weighted by Crippen LogP contribution is 2.30. The van der Waals surface area contributed by atoms with E-state index in [0.717, 1.165) is 24.5 Å². The molecule has 1 saturated heterocycles. The van der Waals surface area contributed by atoms with Crippen LogP contribution in [0.4, 0.5) is 0 Å². The van der Waals surface area contributed by atoms with Crippen molar-refractivity contribution in [1.82, 2.24) is 10.2 Å². The van der Waals surface area contributed by atoms with E-state index in [1.165, 1.54) is 58.0 Å².